The third kappa shape index (κ3) is 4.18. The minimum Gasteiger partial charge on any atom is -0.471 e. The van der Waals surface area contributed by atoms with Gasteiger partial charge in [0.25, 0.3) is 0 Å². The summed E-state index contributed by atoms with van der Waals surface area (Å²) in [7, 11) is 2.01. The van der Waals surface area contributed by atoms with Gasteiger partial charge in [0.15, 0.2) is 12.5 Å². The Kier molecular flexibility index (Phi) is 5.54. The molecule has 5 aliphatic rings. The van der Waals surface area contributed by atoms with E-state index in [1.165, 1.54) is 44.2 Å². The molecule has 8 heteroatoms. The fourth-order valence-corrected chi connectivity index (χ4v) is 5.99. The zero-order chi connectivity index (χ0) is 23.1. The van der Waals surface area contributed by atoms with Gasteiger partial charge in [-0.15, -0.1) is 0 Å². The van der Waals surface area contributed by atoms with Crippen molar-refractivity contribution < 1.29 is 9.53 Å². The van der Waals surface area contributed by atoms with Crippen molar-refractivity contribution >= 4 is 23.0 Å². The Hall–Kier alpha value is -2.90. The van der Waals surface area contributed by atoms with Crippen LogP contribution in [0.15, 0.2) is 35.1 Å². The molecule has 0 amide bonds. The molecule has 0 atom stereocenters. The summed E-state index contributed by atoms with van der Waals surface area (Å²) in [6.45, 7) is 6.34. The first kappa shape index (κ1) is 21.6. The van der Waals surface area contributed by atoms with Crippen LogP contribution < -0.4 is 15.0 Å². The molecule has 2 saturated heterocycles. The molecule has 4 aliphatic heterocycles. The predicted octanol–water partition coefficient (Wildman–Crippen LogP) is 2.94. The lowest BCUT2D eigenvalue weighted by Crippen LogP contribution is -2.42. The Balaban J connectivity index is 1.11. The molecule has 34 heavy (non-hydrogen) atoms. The van der Waals surface area contributed by atoms with E-state index in [1.54, 1.807) is 0 Å². The van der Waals surface area contributed by atoms with Crippen molar-refractivity contribution in [3.8, 4) is 5.75 Å². The number of nitrogens with zero attached hydrogens (tertiary/aromatic N) is 5. The summed E-state index contributed by atoms with van der Waals surface area (Å²) in [4.78, 5) is 20.0. The molecular formula is C26H36N6O2. The van der Waals surface area contributed by atoms with Crippen molar-refractivity contribution in [3.63, 3.8) is 0 Å². The topological polar surface area (TPSA) is 63.7 Å². The molecule has 3 fully saturated rings. The van der Waals surface area contributed by atoms with Gasteiger partial charge in [-0.05, 0) is 55.7 Å². The number of anilines is 2. The van der Waals surface area contributed by atoms with Gasteiger partial charge >= 0.3 is 0 Å². The Labute approximate surface area is 202 Å². The number of carbonyl (C=O) groups is 1. The fourth-order valence-electron chi connectivity index (χ4n) is 5.99. The standard InChI is InChI=1S/C26H36N6O2/c1-29-19-34-24-6-5-20(13-23(24)29)27-15-22(33)17-32-16-21(30-10-2-3-11-30)14-25(28-32)31-12-9-26(18-31)7-4-8-26/h5-6,13-14,27H,2-4,7-12,15-19H2,1H3. The number of rotatable bonds is 6. The molecular weight excluding hydrogens is 428 g/mol. The number of ketones is 1. The second-order valence-corrected chi connectivity index (χ2v) is 10.7. The van der Waals surface area contributed by atoms with E-state index in [1.807, 2.05) is 30.3 Å². The SMILES string of the molecule is CN1COc2ccc(NCC(=O)CN3CC(N4CCCC4)=CC(N4CCC5(CCC5)C4)=N3)cc21. The molecule has 1 spiro atoms. The van der Waals surface area contributed by atoms with Crippen molar-refractivity contribution in [1.82, 2.24) is 14.8 Å². The fraction of sp³-hybridized carbons (Fsp3) is 0.615. The molecule has 0 aromatic heterocycles. The van der Waals surface area contributed by atoms with E-state index < -0.39 is 0 Å². The van der Waals surface area contributed by atoms with Crippen LogP contribution in [-0.4, -0.2) is 86.0 Å². The first-order valence-electron chi connectivity index (χ1n) is 12.8. The highest BCUT2D eigenvalue weighted by Crippen LogP contribution is 2.48. The second kappa shape index (κ2) is 8.71. The van der Waals surface area contributed by atoms with Crippen LogP contribution in [-0.2, 0) is 4.79 Å². The first-order chi connectivity index (χ1) is 16.6. The molecule has 182 valence electrons. The number of benzene rings is 1. The molecule has 1 N–H and O–H groups in total. The summed E-state index contributed by atoms with van der Waals surface area (Å²) in [5, 5.41) is 10.3. The highest BCUT2D eigenvalue weighted by atomic mass is 16.5. The molecule has 0 radical (unpaired) electrons. The largest absolute Gasteiger partial charge is 0.471 e. The zero-order valence-electron chi connectivity index (χ0n) is 20.3. The van der Waals surface area contributed by atoms with Crippen LogP contribution in [0.4, 0.5) is 11.4 Å². The monoisotopic (exact) mass is 464 g/mol. The summed E-state index contributed by atoms with van der Waals surface area (Å²) < 4.78 is 5.62. The number of hydrogen-bond donors (Lipinski definition) is 1. The van der Waals surface area contributed by atoms with Gasteiger partial charge < -0.3 is 24.8 Å². The van der Waals surface area contributed by atoms with E-state index in [-0.39, 0.29) is 5.78 Å². The van der Waals surface area contributed by atoms with E-state index in [0.29, 0.717) is 25.2 Å². The van der Waals surface area contributed by atoms with Crippen LogP contribution in [0.2, 0.25) is 0 Å². The molecule has 1 aliphatic carbocycles. The number of likely N-dealkylation sites (tertiary alicyclic amines) is 2. The van der Waals surface area contributed by atoms with Crippen molar-refractivity contribution in [3.05, 3.63) is 30.0 Å². The number of amidine groups is 1. The van der Waals surface area contributed by atoms with Crippen LogP contribution in [0.5, 0.6) is 5.75 Å². The van der Waals surface area contributed by atoms with Crippen LogP contribution in [0.25, 0.3) is 0 Å². The first-order valence-corrected chi connectivity index (χ1v) is 12.8. The Bertz CT molecular complexity index is 1010. The number of hydrazone groups is 1. The number of Topliss-reactive ketones (excluding diaryl/α,β-unsaturated/α-hetero) is 1. The Morgan fingerprint density at radius 1 is 1.12 bits per heavy atom. The van der Waals surface area contributed by atoms with Crippen LogP contribution in [0.1, 0.15) is 38.5 Å². The molecule has 1 saturated carbocycles. The Morgan fingerprint density at radius 2 is 1.97 bits per heavy atom. The van der Waals surface area contributed by atoms with E-state index >= 15 is 0 Å². The quantitative estimate of drug-likeness (QED) is 0.695. The maximum Gasteiger partial charge on any atom is 0.172 e. The van der Waals surface area contributed by atoms with Crippen molar-refractivity contribution in [2.45, 2.75) is 38.5 Å². The van der Waals surface area contributed by atoms with Gasteiger partial charge in [0, 0.05) is 50.7 Å². The summed E-state index contributed by atoms with van der Waals surface area (Å²) in [5.74, 6) is 2.09. The highest BCUT2D eigenvalue weighted by Gasteiger charge is 2.43. The van der Waals surface area contributed by atoms with Crippen LogP contribution in [0.3, 0.4) is 0 Å². The van der Waals surface area contributed by atoms with Gasteiger partial charge in [-0.25, -0.2) is 0 Å². The molecule has 0 bridgehead atoms. The molecule has 4 heterocycles. The van der Waals surface area contributed by atoms with Gasteiger partial charge in [0.2, 0.25) is 0 Å². The molecule has 1 aromatic carbocycles. The van der Waals surface area contributed by atoms with Crippen molar-refractivity contribution in [2.24, 2.45) is 10.5 Å². The molecule has 1 aromatic rings. The smallest absolute Gasteiger partial charge is 0.172 e. The van der Waals surface area contributed by atoms with Gasteiger partial charge in [-0.2, -0.15) is 5.10 Å². The maximum atomic E-state index is 12.9. The lowest BCUT2D eigenvalue weighted by molar-refractivity contribution is -0.118. The minimum atomic E-state index is 0.146. The van der Waals surface area contributed by atoms with Gasteiger partial charge in [0.05, 0.1) is 25.3 Å². The molecule has 0 unspecified atom stereocenters. The van der Waals surface area contributed by atoms with E-state index in [4.69, 9.17) is 9.84 Å². The van der Waals surface area contributed by atoms with Crippen LogP contribution >= 0.6 is 0 Å². The lowest BCUT2D eigenvalue weighted by atomic mass is 9.68. The van der Waals surface area contributed by atoms with Gasteiger partial charge in [-0.3, -0.25) is 9.80 Å². The normalized spacial score (nSPS) is 23.0. The summed E-state index contributed by atoms with van der Waals surface area (Å²) in [6.07, 6.45) is 10.2. The third-order valence-corrected chi connectivity index (χ3v) is 8.21. The summed E-state index contributed by atoms with van der Waals surface area (Å²) >= 11 is 0. The summed E-state index contributed by atoms with van der Waals surface area (Å²) in [6, 6.07) is 5.98. The van der Waals surface area contributed by atoms with Gasteiger partial charge in [0.1, 0.15) is 11.6 Å². The van der Waals surface area contributed by atoms with Crippen molar-refractivity contribution in [1.29, 1.82) is 0 Å². The third-order valence-electron chi connectivity index (χ3n) is 8.21. The Morgan fingerprint density at radius 3 is 2.74 bits per heavy atom. The second-order valence-electron chi connectivity index (χ2n) is 10.7. The number of fused-ring (bicyclic) bond motifs is 1. The lowest BCUT2D eigenvalue weighted by Gasteiger charge is -2.39. The number of hydrogen-bond acceptors (Lipinski definition) is 8. The number of nitrogens with one attached hydrogen (secondary N) is 1. The summed E-state index contributed by atoms with van der Waals surface area (Å²) in [5.41, 5.74) is 3.84. The van der Waals surface area contributed by atoms with E-state index in [2.05, 4.69) is 26.1 Å². The zero-order valence-corrected chi connectivity index (χ0v) is 20.3. The number of carbonyl (C=O) groups excluding carboxylic acids is 1. The number of ether oxygens (including phenoxy) is 1. The average molecular weight is 465 g/mol. The average Bonchev–Trinajstić information content (AvgIpc) is 3.57. The van der Waals surface area contributed by atoms with Gasteiger partial charge in [-0.1, -0.05) is 6.42 Å². The van der Waals surface area contributed by atoms with E-state index in [0.717, 1.165) is 55.7 Å². The minimum absolute atomic E-state index is 0.146. The van der Waals surface area contributed by atoms with Crippen molar-refractivity contribution in [2.75, 3.05) is 69.8 Å². The van der Waals surface area contributed by atoms with E-state index in [9.17, 15) is 4.79 Å². The maximum absolute atomic E-state index is 12.9. The molecule has 8 nitrogen and oxygen atoms in total. The van der Waals surface area contributed by atoms with Crippen LogP contribution in [0, 0.1) is 5.41 Å². The predicted molar refractivity (Wildman–Crippen MR) is 134 cm³/mol. The highest BCUT2D eigenvalue weighted by molar-refractivity contribution is 5.94. The molecule has 6 rings (SSSR count).